The number of nitrogens with one attached hydrogen (secondary N) is 1. The molecule has 0 saturated heterocycles. The maximum atomic E-state index is 14.5. The zero-order chi connectivity index (χ0) is 22.5. The summed E-state index contributed by atoms with van der Waals surface area (Å²) in [5, 5.41) is 11.5. The van der Waals surface area contributed by atoms with E-state index in [0.717, 1.165) is 11.8 Å². The van der Waals surface area contributed by atoms with Crippen LogP contribution in [0.15, 0.2) is 78.0 Å². The Balaban J connectivity index is 1.65. The van der Waals surface area contributed by atoms with Gasteiger partial charge in [-0.1, -0.05) is 36.0 Å². The number of carbonyl (C=O) groups is 1. The van der Waals surface area contributed by atoms with Crippen LogP contribution in [0, 0.1) is 11.6 Å². The molecule has 0 aliphatic rings. The Bertz CT molecular complexity index is 1240. The van der Waals surface area contributed by atoms with Gasteiger partial charge in [-0.05, 0) is 48.5 Å². The summed E-state index contributed by atoms with van der Waals surface area (Å²) in [6, 6.07) is 19.0. The standard InChI is InChI=1S/C23H18F2N4O2S/c1-31-20-9-5-4-8-19(20)29-22(17-6-2-3-7-18(17)25)27-28-23(29)32-14-21(30)26-16-12-10-15(24)11-13-16/h2-13H,14H2,1H3,(H,26,30). The number of hydrogen-bond donors (Lipinski definition) is 1. The number of ether oxygens (including phenoxy) is 1. The number of benzene rings is 3. The number of hydrogen-bond acceptors (Lipinski definition) is 5. The molecule has 1 amide bonds. The first kappa shape index (κ1) is 21.5. The summed E-state index contributed by atoms with van der Waals surface area (Å²) in [5.41, 5.74) is 1.36. The molecule has 0 spiro atoms. The molecule has 0 saturated carbocycles. The average molecular weight is 452 g/mol. The second kappa shape index (κ2) is 9.61. The quantitative estimate of drug-likeness (QED) is 0.402. The van der Waals surface area contributed by atoms with Gasteiger partial charge in [0, 0.05) is 5.69 Å². The van der Waals surface area contributed by atoms with E-state index < -0.39 is 5.82 Å². The number of carbonyl (C=O) groups excluding carboxylic acids is 1. The first-order chi connectivity index (χ1) is 15.6. The van der Waals surface area contributed by atoms with Crippen molar-refractivity contribution in [2.45, 2.75) is 5.16 Å². The third-order valence-electron chi connectivity index (χ3n) is 4.53. The van der Waals surface area contributed by atoms with Gasteiger partial charge in [0.15, 0.2) is 11.0 Å². The van der Waals surface area contributed by atoms with Crippen molar-refractivity contribution >= 4 is 23.4 Å². The second-order valence-electron chi connectivity index (χ2n) is 6.64. The molecule has 0 aliphatic carbocycles. The van der Waals surface area contributed by atoms with Crippen molar-refractivity contribution in [1.82, 2.24) is 14.8 Å². The largest absolute Gasteiger partial charge is 0.495 e. The Morgan fingerprint density at radius 1 is 1.00 bits per heavy atom. The highest BCUT2D eigenvalue weighted by Gasteiger charge is 2.21. The molecule has 1 N–H and O–H groups in total. The summed E-state index contributed by atoms with van der Waals surface area (Å²) in [4.78, 5) is 12.4. The molecular weight excluding hydrogens is 434 g/mol. The normalized spacial score (nSPS) is 10.7. The highest BCUT2D eigenvalue weighted by atomic mass is 32.2. The minimum absolute atomic E-state index is 0.0158. The molecule has 162 valence electrons. The predicted molar refractivity (Wildman–Crippen MR) is 119 cm³/mol. The summed E-state index contributed by atoms with van der Waals surface area (Å²) in [7, 11) is 1.54. The Morgan fingerprint density at radius 3 is 2.47 bits per heavy atom. The Labute approximate surface area is 187 Å². The highest BCUT2D eigenvalue weighted by Crippen LogP contribution is 2.33. The highest BCUT2D eigenvalue weighted by molar-refractivity contribution is 7.99. The fourth-order valence-corrected chi connectivity index (χ4v) is 3.82. The van der Waals surface area contributed by atoms with E-state index in [4.69, 9.17) is 4.74 Å². The SMILES string of the molecule is COc1ccccc1-n1c(SCC(=O)Nc2ccc(F)cc2)nnc1-c1ccccc1F. The molecule has 9 heteroatoms. The van der Waals surface area contributed by atoms with Crippen LogP contribution in [0.3, 0.4) is 0 Å². The van der Waals surface area contributed by atoms with Gasteiger partial charge in [-0.25, -0.2) is 8.78 Å². The van der Waals surface area contributed by atoms with Crippen LogP contribution in [0.2, 0.25) is 0 Å². The monoisotopic (exact) mass is 452 g/mol. The van der Waals surface area contributed by atoms with Crippen LogP contribution in [-0.4, -0.2) is 33.5 Å². The number of para-hydroxylation sites is 2. The third kappa shape index (κ3) is 4.62. The number of thioether (sulfide) groups is 1. The Morgan fingerprint density at radius 2 is 1.72 bits per heavy atom. The van der Waals surface area contributed by atoms with Crippen LogP contribution in [0.25, 0.3) is 17.1 Å². The number of anilines is 1. The van der Waals surface area contributed by atoms with Crippen molar-refractivity contribution in [3.8, 4) is 22.8 Å². The van der Waals surface area contributed by atoms with Gasteiger partial charge in [0.05, 0.1) is 24.1 Å². The van der Waals surface area contributed by atoms with Gasteiger partial charge < -0.3 is 10.1 Å². The fraction of sp³-hybridized carbons (Fsp3) is 0.0870. The minimum Gasteiger partial charge on any atom is -0.495 e. The van der Waals surface area contributed by atoms with E-state index in [-0.39, 0.29) is 28.9 Å². The molecule has 4 rings (SSSR count). The number of amides is 1. The maximum absolute atomic E-state index is 14.5. The van der Waals surface area contributed by atoms with Crippen molar-refractivity contribution in [3.63, 3.8) is 0 Å². The summed E-state index contributed by atoms with van der Waals surface area (Å²) in [6.07, 6.45) is 0. The second-order valence-corrected chi connectivity index (χ2v) is 7.58. The van der Waals surface area contributed by atoms with Crippen LogP contribution in [0.1, 0.15) is 0 Å². The molecule has 0 radical (unpaired) electrons. The van der Waals surface area contributed by atoms with E-state index in [1.54, 1.807) is 34.9 Å². The third-order valence-corrected chi connectivity index (χ3v) is 5.46. The number of nitrogens with zero attached hydrogens (tertiary/aromatic N) is 3. The van der Waals surface area contributed by atoms with Crippen molar-refractivity contribution in [2.24, 2.45) is 0 Å². The van der Waals surface area contributed by atoms with Crippen LogP contribution < -0.4 is 10.1 Å². The topological polar surface area (TPSA) is 69.0 Å². The minimum atomic E-state index is -0.443. The summed E-state index contributed by atoms with van der Waals surface area (Å²) in [6.45, 7) is 0. The van der Waals surface area contributed by atoms with Crippen LogP contribution in [-0.2, 0) is 4.79 Å². The number of methoxy groups -OCH3 is 1. The Hall–Kier alpha value is -3.72. The van der Waals surface area contributed by atoms with Crippen molar-refractivity contribution in [3.05, 3.63) is 84.4 Å². The molecule has 0 fully saturated rings. The van der Waals surface area contributed by atoms with Gasteiger partial charge in [-0.2, -0.15) is 0 Å². The first-order valence-electron chi connectivity index (χ1n) is 9.58. The van der Waals surface area contributed by atoms with Crippen LogP contribution in [0.5, 0.6) is 5.75 Å². The smallest absolute Gasteiger partial charge is 0.234 e. The summed E-state index contributed by atoms with van der Waals surface area (Å²) in [5.74, 6) is -0.285. The lowest BCUT2D eigenvalue weighted by Gasteiger charge is -2.14. The zero-order valence-corrected chi connectivity index (χ0v) is 17.8. The number of aromatic nitrogens is 3. The predicted octanol–water partition coefficient (Wildman–Crippen LogP) is 4.95. The molecule has 0 aliphatic heterocycles. The lowest BCUT2D eigenvalue weighted by molar-refractivity contribution is -0.113. The lowest BCUT2D eigenvalue weighted by atomic mass is 10.2. The lowest BCUT2D eigenvalue weighted by Crippen LogP contribution is -2.14. The molecule has 32 heavy (non-hydrogen) atoms. The van der Waals surface area contributed by atoms with Crippen LogP contribution >= 0.6 is 11.8 Å². The summed E-state index contributed by atoms with van der Waals surface area (Å²) < 4.78 is 34.7. The molecule has 0 unspecified atom stereocenters. The van der Waals surface area contributed by atoms with Gasteiger partial charge in [-0.3, -0.25) is 9.36 Å². The first-order valence-corrected chi connectivity index (χ1v) is 10.6. The molecule has 4 aromatic rings. The van der Waals surface area contributed by atoms with Gasteiger partial charge >= 0.3 is 0 Å². The van der Waals surface area contributed by atoms with E-state index in [1.165, 1.54) is 37.4 Å². The molecule has 1 aromatic heterocycles. The summed E-state index contributed by atoms with van der Waals surface area (Å²) >= 11 is 1.14. The molecule has 0 atom stereocenters. The van der Waals surface area contributed by atoms with Gasteiger partial charge in [0.2, 0.25) is 5.91 Å². The molecule has 1 heterocycles. The van der Waals surface area contributed by atoms with Gasteiger partial charge in [-0.15, -0.1) is 10.2 Å². The van der Waals surface area contributed by atoms with Crippen molar-refractivity contribution < 1.29 is 18.3 Å². The van der Waals surface area contributed by atoms with E-state index in [9.17, 15) is 13.6 Å². The van der Waals surface area contributed by atoms with Crippen molar-refractivity contribution in [1.29, 1.82) is 0 Å². The van der Waals surface area contributed by atoms with E-state index in [2.05, 4.69) is 15.5 Å². The number of rotatable bonds is 7. The van der Waals surface area contributed by atoms with E-state index in [0.29, 0.717) is 22.3 Å². The van der Waals surface area contributed by atoms with Gasteiger partial charge in [0.25, 0.3) is 0 Å². The molecule has 0 bridgehead atoms. The fourth-order valence-electron chi connectivity index (χ4n) is 3.07. The van der Waals surface area contributed by atoms with E-state index >= 15 is 0 Å². The molecule has 6 nitrogen and oxygen atoms in total. The maximum Gasteiger partial charge on any atom is 0.234 e. The number of halogens is 2. The average Bonchev–Trinajstić information content (AvgIpc) is 3.23. The van der Waals surface area contributed by atoms with Crippen LogP contribution in [0.4, 0.5) is 14.5 Å². The van der Waals surface area contributed by atoms with E-state index in [1.807, 2.05) is 12.1 Å². The van der Waals surface area contributed by atoms with Gasteiger partial charge in [0.1, 0.15) is 17.4 Å². The molecule has 3 aromatic carbocycles. The molecular formula is C23H18F2N4O2S. The Kier molecular flexibility index (Phi) is 6.46. The zero-order valence-electron chi connectivity index (χ0n) is 17.0. The van der Waals surface area contributed by atoms with Crippen molar-refractivity contribution in [2.75, 3.05) is 18.2 Å².